The molecule has 0 radical (unpaired) electrons. The molecule has 0 aliphatic carbocycles. The van der Waals surface area contributed by atoms with Crippen LogP contribution in [0.25, 0.3) is 0 Å². The Bertz CT molecular complexity index is 902. The number of nitrogens with one attached hydrogen (secondary N) is 3. The van der Waals surface area contributed by atoms with Gasteiger partial charge in [0.05, 0.1) is 6.04 Å². The number of carboxylic acid groups (broad SMARTS) is 2. The second-order valence-electron chi connectivity index (χ2n) is 9.12. The maximum absolute atomic E-state index is 13.1. The number of nitrogens with two attached hydrogens (primary N) is 5. The minimum Gasteiger partial charge on any atom is -0.481 e. The SMILES string of the molecule is CC(C)C(N)C(=O)NC(CCC(=O)O)C(=O)NC(CCCN=C(N)N)C(=O)NC(CCCN=C(N)N)C(=O)O. The smallest absolute Gasteiger partial charge is 0.326 e. The van der Waals surface area contributed by atoms with Crippen molar-refractivity contribution in [3.05, 3.63) is 0 Å². The van der Waals surface area contributed by atoms with Crippen LogP contribution in [0.5, 0.6) is 0 Å². The summed E-state index contributed by atoms with van der Waals surface area (Å²) >= 11 is 0. The van der Waals surface area contributed by atoms with Gasteiger partial charge in [-0.05, 0) is 38.0 Å². The molecule has 17 nitrogen and oxygen atoms in total. The zero-order valence-electron chi connectivity index (χ0n) is 22.3. The summed E-state index contributed by atoms with van der Waals surface area (Å²) < 4.78 is 0. The molecule has 0 saturated heterocycles. The zero-order valence-corrected chi connectivity index (χ0v) is 22.3. The molecule has 3 amide bonds. The molecule has 0 bridgehead atoms. The van der Waals surface area contributed by atoms with Crippen LogP contribution in [0.2, 0.25) is 0 Å². The Morgan fingerprint density at radius 3 is 1.51 bits per heavy atom. The predicted octanol–water partition coefficient (Wildman–Crippen LogP) is -3.52. The Labute approximate surface area is 226 Å². The van der Waals surface area contributed by atoms with Gasteiger partial charge in [-0.2, -0.15) is 0 Å². The Kier molecular flexibility index (Phi) is 16.2. The molecular weight excluding hydrogens is 516 g/mol. The summed E-state index contributed by atoms with van der Waals surface area (Å²) in [6, 6.07) is -4.84. The number of amides is 3. The fraction of sp³-hybridized carbons (Fsp3) is 0.682. The highest BCUT2D eigenvalue weighted by molar-refractivity contribution is 5.94. The van der Waals surface area contributed by atoms with Gasteiger partial charge in [0, 0.05) is 19.5 Å². The van der Waals surface area contributed by atoms with E-state index in [-0.39, 0.29) is 63.0 Å². The van der Waals surface area contributed by atoms with Gasteiger partial charge in [-0.25, -0.2) is 4.79 Å². The number of rotatable bonds is 19. The summed E-state index contributed by atoms with van der Waals surface area (Å²) in [5.41, 5.74) is 26.9. The Balaban J connectivity index is 5.70. The van der Waals surface area contributed by atoms with E-state index in [0.717, 1.165) is 0 Å². The van der Waals surface area contributed by atoms with Crippen LogP contribution in [-0.4, -0.2) is 89.0 Å². The molecule has 0 aliphatic rings. The van der Waals surface area contributed by atoms with Crippen molar-refractivity contribution in [2.45, 2.75) is 76.5 Å². The molecule has 4 atom stereocenters. The molecule has 0 rings (SSSR count). The summed E-state index contributed by atoms with van der Waals surface area (Å²) in [4.78, 5) is 68.9. The normalized spacial score (nSPS) is 13.7. The molecule has 0 fully saturated rings. The first-order valence-corrected chi connectivity index (χ1v) is 12.4. The molecule has 0 spiro atoms. The number of guanidine groups is 2. The van der Waals surface area contributed by atoms with Gasteiger partial charge in [0.2, 0.25) is 17.7 Å². The van der Waals surface area contributed by atoms with Crippen LogP contribution in [0, 0.1) is 5.92 Å². The van der Waals surface area contributed by atoms with Gasteiger partial charge in [0.15, 0.2) is 11.9 Å². The first-order valence-electron chi connectivity index (χ1n) is 12.4. The summed E-state index contributed by atoms with van der Waals surface area (Å²) in [6.45, 7) is 3.66. The van der Waals surface area contributed by atoms with Crippen molar-refractivity contribution in [2.75, 3.05) is 13.1 Å². The van der Waals surface area contributed by atoms with E-state index in [9.17, 15) is 29.1 Å². The Morgan fingerprint density at radius 2 is 1.10 bits per heavy atom. The number of nitrogens with zero attached hydrogens (tertiary/aromatic N) is 2. The van der Waals surface area contributed by atoms with Crippen LogP contribution in [-0.2, 0) is 24.0 Å². The van der Waals surface area contributed by atoms with Gasteiger partial charge in [0.25, 0.3) is 0 Å². The minimum atomic E-state index is -1.32. The lowest BCUT2D eigenvalue weighted by Crippen LogP contribution is -2.57. The van der Waals surface area contributed by atoms with Crippen molar-refractivity contribution < 1.29 is 34.2 Å². The Morgan fingerprint density at radius 1 is 0.692 bits per heavy atom. The summed E-state index contributed by atoms with van der Waals surface area (Å²) in [7, 11) is 0. The average Bonchev–Trinajstić information content (AvgIpc) is 2.83. The molecular formula is C22H42N10O7. The molecule has 15 N–H and O–H groups in total. The second-order valence-corrected chi connectivity index (χ2v) is 9.12. The van der Waals surface area contributed by atoms with Crippen molar-refractivity contribution in [1.29, 1.82) is 0 Å². The van der Waals surface area contributed by atoms with Crippen molar-refractivity contribution in [3.63, 3.8) is 0 Å². The molecule has 39 heavy (non-hydrogen) atoms. The van der Waals surface area contributed by atoms with Crippen molar-refractivity contribution in [3.8, 4) is 0 Å². The second kappa shape index (κ2) is 18.2. The molecule has 0 aliphatic heterocycles. The molecule has 0 saturated carbocycles. The molecule has 4 unspecified atom stereocenters. The van der Waals surface area contributed by atoms with E-state index in [1.54, 1.807) is 13.8 Å². The highest BCUT2D eigenvalue weighted by Crippen LogP contribution is 2.07. The monoisotopic (exact) mass is 558 g/mol. The fourth-order valence-electron chi connectivity index (χ4n) is 3.19. The van der Waals surface area contributed by atoms with Crippen LogP contribution in [0.1, 0.15) is 52.4 Å². The number of hydrogen-bond donors (Lipinski definition) is 10. The minimum absolute atomic E-state index is 0.000201. The number of carbonyl (C=O) groups excluding carboxylic acids is 3. The van der Waals surface area contributed by atoms with Crippen LogP contribution in [0.15, 0.2) is 9.98 Å². The van der Waals surface area contributed by atoms with E-state index >= 15 is 0 Å². The van der Waals surface area contributed by atoms with Gasteiger partial charge in [-0.3, -0.25) is 29.2 Å². The predicted molar refractivity (Wildman–Crippen MR) is 143 cm³/mol. The quantitative estimate of drug-likeness (QED) is 0.0419. The highest BCUT2D eigenvalue weighted by atomic mass is 16.4. The van der Waals surface area contributed by atoms with Crippen LogP contribution >= 0.6 is 0 Å². The highest BCUT2D eigenvalue weighted by Gasteiger charge is 2.30. The number of aliphatic carboxylic acids is 2. The van der Waals surface area contributed by atoms with E-state index < -0.39 is 60.2 Å². The van der Waals surface area contributed by atoms with E-state index in [4.69, 9.17) is 33.8 Å². The molecule has 0 heterocycles. The number of aliphatic imine (C=N–C) groups is 2. The largest absolute Gasteiger partial charge is 0.481 e. The molecule has 17 heteroatoms. The third-order valence-electron chi connectivity index (χ3n) is 5.44. The third kappa shape index (κ3) is 15.6. The number of carbonyl (C=O) groups is 5. The van der Waals surface area contributed by atoms with Gasteiger partial charge in [-0.1, -0.05) is 13.8 Å². The lowest BCUT2D eigenvalue weighted by Gasteiger charge is -2.25. The van der Waals surface area contributed by atoms with Gasteiger partial charge >= 0.3 is 11.9 Å². The summed E-state index contributed by atoms with van der Waals surface area (Å²) in [5, 5.41) is 25.9. The summed E-state index contributed by atoms with van der Waals surface area (Å²) in [6.07, 6.45) is -0.258. The summed E-state index contributed by atoms with van der Waals surface area (Å²) in [5.74, 6) is -5.44. The first-order chi connectivity index (χ1) is 18.1. The van der Waals surface area contributed by atoms with Gasteiger partial charge in [-0.15, -0.1) is 0 Å². The van der Waals surface area contributed by atoms with E-state index in [1.807, 2.05) is 0 Å². The molecule has 222 valence electrons. The standard InChI is InChI=1S/C22H42N10O7/c1-11(2)16(23)19(37)31-13(7-8-15(33)34)18(36)30-12(5-3-9-28-21(24)25)17(35)32-14(20(38)39)6-4-10-29-22(26)27/h11-14,16H,3-10,23H2,1-2H3,(H,30,36)(H,31,37)(H,32,35)(H,33,34)(H,38,39)(H4,24,25,28)(H4,26,27,29). The topological polar surface area (TPSA) is 317 Å². The molecule has 0 aromatic heterocycles. The van der Waals surface area contributed by atoms with Crippen LogP contribution < -0.4 is 44.6 Å². The van der Waals surface area contributed by atoms with E-state index in [2.05, 4.69) is 25.9 Å². The number of carboxylic acids is 2. The first kappa shape index (κ1) is 34.9. The lowest BCUT2D eigenvalue weighted by molar-refractivity contribution is -0.142. The third-order valence-corrected chi connectivity index (χ3v) is 5.44. The fourth-order valence-corrected chi connectivity index (χ4v) is 3.19. The van der Waals surface area contributed by atoms with Crippen molar-refractivity contribution >= 4 is 41.6 Å². The number of hydrogen-bond acceptors (Lipinski definition) is 8. The van der Waals surface area contributed by atoms with Crippen LogP contribution in [0.3, 0.4) is 0 Å². The van der Waals surface area contributed by atoms with Crippen LogP contribution in [0.4, 0.5) is 0 Å². The maximum Gasteiger partial charge on any atom is 0.326 e. The Hall–Kier alpha value is -4.15. The maximum atomic E-state index is 13.1. The van der Waals surface area contributed by atoms with E-state index in [1.165, 1.54) is 0 Å². The molecule has 0 aromatic carbocycles. The van der Waals surface area contributed by atoms with Gasteiger partial charge < -0.3 is 54.8 Å². The lowest BCUT2D eigenvalue weighted by atomic mass is 10.0. The zero-order chi connectivity index (χ0) is 30.1. The van der Waals surface area contributed by atoms with Gasteiger partial charge in [0.1, 0.15) is 18.1 Å². The van der Waals surface area contributed by atoms with E-state index in [0.29, 0.717) is 0 Å². The van der Waals surface area contributed by atoms with Crippen molar-refractivity contribution in [2.24, 2.45) is 44.6 Å². The average molecular weight is 559 g/mol. The molecule has 0 aromatic rings. The van der Waals surface area contributed by atoms with Crippen molar-refractivity contribution in [1.82, 2.24) is 16.0 Å².